The van der Waals surface area contributed by atoms with E-state index in [4.69, 9.17) is 23.2 Å². The number of pyridine rings is 3. The predicted molar refractivity (Wildman–Crippen MR) is 148 cm³/mol. The summed E-state index contributed by atoms with van der Waals surface area (Å²) in [5.41, 5.74) is 5.42. The zero-order valence-electron chi connectivity index (χ0n) is 21.4. The molecule has 1 aliphatic heterocycles. The van der Waals surface area contributed by atoms with E-state index in [9.17, 15) is 4.79 Å². The van der Waals surface area contributed by atoms with Gasteiger partial charge in [0.2, 0.25) is 5.52 Å². The van der Waals surface area contributed by atoms with Crippen LogP contribution in [0.2, 0.25) is 5.02 Å². The van der Waals surface area contributed by atoms with Crippen LogP contribution in [0.5, 0.6) is 0 Å². The van der Waals surface area contributed by atoms with E-state index in [1.807, 2.05) is 18.2 Å². The molecule has 0 N–H and O–H groups in total. The second kappa shape index (κ2) is 9.97. The van der Waals surface area contributed by atoms with Crippen molar-refractivity contribution in [1.29, 1.82) is 0 Å². The quantitative estimate of drug-likeness (QED) is 0.336. The number of fused-ring (bicyclic) bond motifs is 1. The van der Waals surface area contributed by atoms with Gasteiger partial charge in [-0.15, -0.1) is 4.98 Å². The molecule has 0 spiro atoms. The molecule has 188 valence electrons. The molecule has 8 heteroatoms. The highest BCUT2D eigenvalue weighted by molar-refractivity contribution is 6.30. The van der Waals surface area contributed by atoms with Crippen molar-refractivity contribution in [3.63, 3.8) is 0 Å². The number of benzene rings is 1. The lowest BCUT2D eigenvalue weighted by atomic mass is 9.95. The first-order chi connectivity index (χ1) is 17.8. The molecule has 1 unspecified atom stereocenters. The number of aryl methyl sites for hydroxylation is 2. The Kier molecular flexibility index (Phi) is 6.72. The van der Waals surface area contributed by atoms with Gasteiger partial charge in [0.15, 0.2) is 0 Å². The number of nitrogens with zero attached hydrogens (tertiary/aromatic N) is 6. The second-order valence-electron chi connectivity index (χ2n) is 9.84. The average Bonchev–Trinajstić information content (AvgIpc) is 2.90. The van der Waals surface area contributed by atoms with Gasteiger partial charge in [-0.2, -0.15) is 0 Å². The summed E-state index contributed by atoms with van der Waals surface area (Å²) in [5.74, 6) is 0.319. The molecule has 5 rings (SSSR count). The van der Waals surface area contributed by atoms with Crippen molar-refractivity contribution in [3.8, 4) is 0 Å². The summed E-state index contributed by atoms with van der Waals surface area (Å²) in [6.07, 6.45) is 1.70. The fourth-order valence-electron chi connectivity index (χ4n) is 5.26. The van der Waals surface area contributed by atoms with E-state index in [1.165, 1.54) is 11.1 Å². The van der Waals surface area contributed by atoms with Crippen LogP contribution in [0.1, 0.15) is 36.7 Å². The van der Waals surface area contributed by atoms with Gasteiger partial charge < -0.3 is 14.3 Å². The highest BCUT2D eigenvalue weighted by Crippen LogP contribution is 2.36. The van der Waals surface area contributed by atoms with Crippen molar-refractivity contribution in [1.82, 2.24) is 19.4 Å². The van der Waals surface area contributed by atoms with Crippen molar-refractivity contribution in [2.24, 2.45) is 7.05 Å². The molecule has 0 amide bonds. The smallest absolute Gasteiger partial charge is 0.270 e. The third-order valence-electron chi connectivity index (χ3n) is 7.27. The van der Waals surface area contributed by atoms with Crippen LogP contribution in [0.4, 0.5) is 11.5 Å². The maximum absolute atomic E-state index is 12.9. The summed E-state index contributed by atoms with van der Waals surface area (Å²) in [7, 11) is 1.74. The molecule has 1 saturated heterocycles. The van der Waals surface area contributed by atoms with Crippen molar-refractivity contribution in [3.05, 3.63) is 104 Å². The van der Waals surface area contributed by atoms with Gasteiger partial charge in [-0.05, 0) is 50.6 Å². The Labute approximate surface area is 221 Å². The Morgan fingerprint density at radius 1 is 1.05 bits per heavy atom. The first-order valence-corrected chi connectivity index (χ1v) is 12.7. The standard InChI is InChI=1S/C29H29ClN6O/c1-18-6-8-21(9-7-18)29(23-11-10-22(30)15-32-23)36-17-19(2)35(16-20(36)3)25-14-27(37)34(5)24-12-13-26(31-4)33-28(24)25/h6-15,19-20,29H,16-17H2,1-3,5H3/t19-,20+,29?/m0/s1. The highest BCUT2D eigenvalue weighted by atomic mass is 35.5. The number of anilines is 1. The molecular weight excluding hydrogens is 484 g/mol. The lowest BCUT2D eigenvalue weighted by molar-refractivity contribution is 0.128. The van der Waals surface area contributed by atoms with Crippen LogP contribution in [-0.4, -0.2) is 44.6 Å². The van der Waals surface area contributed by atoms with Crippen LogP contribution in [0.15, 0.2) is 65.6 Å². The molecule has 0 saturated carbocycles. The molecule has 0 radical (unpaired) electrons. The number of rotatable bonds is 4. The van der Waals surface area contributed by atoms with Gasteiger partial charge >= 0.3 is 0 Å². The van der Waals surface area contributed by atoms with Gasteiger partial charge in [0.25, 0.3) is 11.4 Å². The molecule has 3 aromatic heterocycles. The second-order valence-corrected chi connectivity index (χ2v) is 10.3. The van der Waals surface area contributed by atoms with Gasteiger partial charge in [0.1, 0.15) is 0 Å². The average molecular weight is 513 g/mol. The minimum absolute atomic E-state index is 0.0373. The fraction of sp³-hybridized carbons (Fsp3) is 0.310. The Morgan fingerprint density at radius 3 is 2.49 bits per heavy atom. The molecule has 37 heavy (non-hydrogen) atoms. The topological polar surface area (TPSA) is 58.6 Å². The Balaban J connectivity index is 1.55. The molecule has 1 aliphatic rings. The maximum atomic E-state index is 12.9. The Bertz CT molecular complexity index is 1500. The minimum Gasteiger partial charge on any atom is -0.362 e. The zero-order chi connectivity index (χ0) is 26.3. The van der Waals surface area contributed by atoms with Gasteiger partial charge in [0, 0.05) is 44.5 Å². The molecule has 0 bridgehead atoms. The summed E-state index contributed by atoms with van der Waals surface area (Å²) in [4.78, 5) is 30.4. The first kappa shape index (κ1) is 24.9. The van der Waals surface area contributed by atoms with E-state index in [0.717, 1.165) is 23.4 Å². The van der Waals surface area contributed by atoms with Gasteiger partial charge in [0.05, 0.1) is 28.0 Å². The minimum atomic E-state index is -0.0926. The third-order valence-corrected chi connectivity index (χ3v) is 7.49. The zero-order valence-corrected chi connectivity index (χ0v) is 22.1. The van der Waals surface area contributed by atoms with E-state index < -0.39 is 0 Å². The van der Waals surface area contributed by atoms with E-state index >= 15 is 0 Å². The maximum Gasteiger partial charge on any atom is 0.270 e. The molecular formula is C29H29ClN6O. The Hall–Kier alpha value is -3.73. The fourth-order valence-corrected chi connectivity index (χ4v) is 5.37. The number of halogens is 1. The molecule has 4 aromatic rings. The van der Waals surface area contributed by atoms with E-state index in [2.05, 4.69) is 64.7 Å². The predicted octanol–water partition coefficient (Wildman–Crippen LogP) is 5.53. The summed E-state index contributed by atoms with van der Waals surface area (Å²) < 4.78 is 1.59. The van der Waals surface area contributed by atoms with E-state index in [0.29, 0.717) is 22.9 Å². The molecule has 3 atom stereocenters. The lowest BCUT2D eigenvalue weighted by Crippen LogP contribution is -2.57. The number of hydrogen-bond acceptors (Lipinski definition) is 5. The van der Waals surface area contributed by atoms with Crippen LogP contribution in [0.25, 0.3) is 15.9 Å². The van der Waals surface area contributed by atoms with E-state index in [-0.39, 0.29) is 23.7 Å². The van der Waals surface area contributed by atoms with Gasteiger partial charge in [-0.25, -0.2) is 0 Å². The van der Waals surface area contributed by atoms with Crippen molar-refractivity contribution >= 4 is 34.1 Å². The number of aromatic nitrogens is 3. The molecule has 4 heterocycles. The summed E-state index contributed by atoms with van der Waals surface area (Å²) >= 11 is 6.17. The molecule has 1 fully saturated rings. The monoisotopic (exact) mass is 512 g/mol. The SMILES string of the molecule is [C-]#[N+]c1ccc2c(n1)c(N1C[C@@H](C)N(C(c3ccc(C)cc3)c3ccc(Cl)cn3)C[C@@H]1C)cc(=O)n2C. The van der Waals surface area contributed by atoms with Crippen LogP contribution < -0.4 is 10.5 Å². The van der Waals surface area contributed by atoms with Crippen LogP contribution in [0.3, 0.4) is 0 Å². The van der Waals surface area contributed by atoms with Crippen LogP contribution in [0, 0.1) is 13.5 Å². The highest BCUT2D eigenvalue weighted by Gasteiger charge is 2.36. The van der Waals surface area contributed by atoms with Crippen molar-refractivity contribution < 1.29 is 0 Å². The summed E-state index contributed by atoms with van der Waals surface area (Å²) in [5, 5.41) is 0.612. The molecule has 7 nitrogen and oxygen atoms in total. The normalized spacial score (nSPS) is 19.1. The number of hydrogen-bond donors (Lipinski definition) is 0. The summed E-state index contributed by atoms with van der Waals surface area (Å²) in [6, 6.07) is 17.8. The van der Waals surface area contributed by atoms with Crippen LogP contribution in [-0.2, 0) is 7.05 Å². The van der Waals surface area contributed by atoms with Crippen molar-refractivity contribution in [2.75, 3.05) is 18.0 Å². The van der Waals surface area contributed by atoms with Crippen LogP contribution >= 0.6 is 11.6 Å². The lowest BCUT2D eigenvalue weighted by Gasteiger charge is -2.48. The molecule has 1 aromatic carbocycles. The third kappa shape index (κ3) is 4.71. The summed E-state index contributed by atoms with van der Waals surface area (Å²) in [6.45, 7) is 15.3. The largest absolute Gasteiger partial charge is 0.362 e. The van der Waals surface area contributed by atoms with E-state index in [1.54, 1.807) is 29.9 Å². The number of piperazine rings is 1. The van der Waals surface area contributed by atoms with Gasteiger partial charge in [-0.1, -0.05) is 48.0 Å². The molecule has 0 aliphatic carbocycles. The van der Waals surface area contributed by atoms with Crippen molar-refractivity contribution in [2.45, 2.75) is 38.9 Å². The first-order valence-electron chi connectivity index (χ1n) is 12.4. The Morgan fingerprint density at radius 2 is 1.81 bits per heavy atom. The van der Waals surface area contributed by atoms with Gasteiger partial charge in [-0.3, -0.25) is 14.7 Å².